The Kier molecular flexibility index (Phi) is 2.08. The van der Waals surface area contributed by atoms with Crippen LogP contribution in [0.5, 0.6) is 0 Å². The summed E-state index contributed by atoms with van der Waals surface area (Å²) >= 11 is 0. The number of hydrogen-bond acceptors (Lipinski definition) is 2. The summed E-state index contributed by atoms with van der Waals surface area (Å²) in [4.78, 5) is 0. The fraction of sp³-hybridized carbons (Fsp3) is 0.818. The lowest BCUT2D eigenvalue weighted by atomic mass is 10.1. The van der Waals surface area contributed by atoms with Crippen LogP contribution in [-0.4, -0.2) is 21.8 Å². The first-order chi connectivity index (χ1) is 6.78. The summed E-state index contributed by atoms with van der Waals surface area (Å²) in [7, 11) is -1.81. The third-order valence-corrected chi connectivity index (χ3v) is 7.58. The van der Waals surface area contributed by atoms with Crippen LogP contribution < -0.4 is 0 Å². The smallest absolute Gasteiger partial charge is 0.338 e. The van der Waals surface area contributed by atoms with Gasteiger partial charge in [-0.15, -0.1) is 0 Å². The molecule has 14 heavy (non-hydrogen) atoms. The maximum atomic E-state index is 5.98. The van der Waals surface area contributed by atoms with Crippen molar-refractivity contribution in [1.29, 1.82) is 0 Å². The van der Waals surface area contributed by atoms with Gasteiger partial charge in [0, 0.05) is 18.8 Å². The van der Waals surface area contributed by atoms with Crippen molar-refractivity contribution in [3.63, 3.8) is 0 Å². The van der Waals surface area contributed by atoms with Gasteiger partial charge in [-0.3, -0.25) is 0 Å². The maximum absolute atomic E-state index is 5.98. The summed E-state index contributed by atoms with van der Waals surface area (Å²) in [5.74, 6) is 1.61. The van der Waals surface area contributed by atoms with Gasteiger partial charge in [0.25, 0.3) is 0 Å². The van der Waals surface area contributed by atoms with Crippen molar-refractivity contribution in [3.05, 3.63) is 12.2 Å². The molecule has 1 aliphatic heterocycles. The van der Waals surface area contributed by atoms with Crippen LogP contribution in [0.4, 0.5) is 0 Å². The van der Waals surface area contributed by atoms with Crippen molar-refractivity contribution in [1.82, 2.24) is 0 Å². The molecule has 0 amide bonds. The second-order valence-electron chi connectivity index (χ2n) is 4.95. The number of allylic oxidation sites excluding steroid dienone is 2. The van der Waals surface area contributed by atoms with E-state index in [1.165, 1.54) is 12.8 Å². The molecule has 3 atom stereocenters. The molecule has 1 saturated heterocycles. The van der Waals surface area contributed by atoms with E-state index in [1.807, 2.05) is 0 Å². The van der Waals surface area contributed by atoms with Gasteiger partial charge in [-0.2, -0.15) is 0 Å². The molecule has 2 fully saturated rings. The molecule has 0 radical (unpaired) electrons. The van der Waals surface area contributed by atoms with Crippen LogP contribution in [0.3, 0.4) is 0 Å². The Morgan fingerprint density at radius 2 is 1.93 bits per heavy atom. The molecule has 78 valence electrons. The molecule has 2 aliphatic carbocycles. The Hall–Kier alpha value is -0.123. The second kappa shape index (κ2) is 3.19. The van der Waals surface area contributed by atoms with Gasteiger partial charge in [-0.1, -0.05) is 12.2 Å². The van der Waals surface area contributed by atoms with E-state index in [2.05, 4.69) is 18.7 Å². The van der Waals surface area contributed by atoms with E-state index >= 15 is 0 Å². The molecule has 0 N–H and O–H groups in total. The van der Waals surface area contributed by atoms with E-state index in [-0.39, 0.29) is 0 Å². The second-order valence-corrected chi connectivity index (χ2v) is 8.30. The van der Waals surface area contributed by atoms with Crippen molar-refractivity contribution in [2.75, 3.05) is 13.2 Å². The lowest BCUT2D eigenvalue weighted by Crippen LogP contribution is -2.48. The van der Waals surface area contributed by atoms with Crippen molar-refractivity contribution in [2.45, 2.75) is 31.4 Å². The molecule has 0 aromatic carbocycles. The zero-order chi connectivity index (χ0) is 9.60. The van der Waals surface area contributed by atoms with E-state index in [0.29, 0.717) is 0 Å². The SMILES string of the molecule is C[Si]1(C2CC3C=CC2C3)OCCCO1. The third-order valence-electron chi connectivity index (χ3n) is 4.02. The molecule has 1 heterocycles. The minimum atomic E-state index is -1.81. The largest absolute Gasteiger partial charge is 0.394 e. The van der Waals surface area contributed by atoms with Gasteiger partial charge in [0.1, 0.15) is 0 Å². The van der Waals surface area contributed by atoms with Crippen LogP contribution in [0.2, 0.25) is 12.1 Å². The quantitative estimate of drug-likeness (QED) is 0.489. The number of hydrogen-bond donors (Lipinski definition) is 0. The summed E-state index contributed by atoms with van der Waals surface area (Å²) in [6.45, 7) is 4.13. The van der Waals surface area contributed by atoms with Crippen LogP contribution in [0, 0.1) is 11.8 Å². The molecule has 2 bridgehead atoms. The van der Waals surface area contributed by atoms with E-state index < -0.39 is 8.56 Å². The van der Waals surface area contributed by atoms with Crippen LogP contribution in [0.1, 0.15) is 19.3 Å². The van der Waals surface area contributed by atoms with Gasteiger partial charge in [0.15, 0.2) is 0 Å². The first-order valence-corrected chi connectivity index (χ1v) is 8.13. The zero-order valence-electron chi connectivity index (χ0n) is 8.74. The monoisotopic (exact) mass is 210 g/mol. The van der Waals surface area contributed by atoms with Crippen LogP contribution in [-0.2, 0) is 8.85 Å². The third kappa shape index (κ3) is 1.30. The van der Waals surface area contributed by atoms with Crippen molar-refractivity contribution >= 4 is 8.56 Å². The standard InChI is InChI=1S/C11H18O2Si/c1-14(12-5-2-6-13-14)11-8-9-3-4-10(11)7-9/h3-4,9-11H,2,5-8H2,1H3. The van der Waals surface area contributed by atoms with Gasteiger partial charge in [0.2, 0.25) is 0 Å². The highest BCUT2D eigenvalue weighted by Gasteiger charge is 2.51. The lowest BCUT2D eigenvalue weighted by Gasteiger charge is -2.38. The van der Waals surface area contributed by atoms with E-state index in [4.69, 9.17) is 8.85 Å². The van der Waals surface area contributed by atoms with Gasteiger partial charge in [0.05, 0.1) is 0 Å². The Morgan fingerprint density at radius 1 is 1.14 bits per heavy atom. The van der Waals surface area contributed by atoms with Crippen molar-refractivity contribution < 1.29 is 8.85 Å². The number of fused-ring (bicyclic) bond motifs is 2. The fourth-order valence-corrected chi connectivity index (χ4v) is 6.61. The minimum Gasteiger partial charge on any atom is -0.394 e. The van der Waals surface area contributed by atoms with Gasteiger partial charge in [-0.05, 0) is 37.6 Å². The molecule has 3 rings (SSSR count). The van der Waals surface area contributed by atoms with Crippen LogP contribution >= 0.6 is 0 Å². The average molecular weight is 210 g/mol. The zero-order valence-corrected chi connectivity index (χ0v) is 9.74. The molecule has 0 spiro atoms. The van der Waals surface area contributed by atoms with Gasteiger partial charge in [-0.25, -0.2) is 0 Å². The summed E-state index contributed by atoms with van der Waals surface area (Å²) in [5, 5.41) is 0. The summed E-state index contributed by atoms with van der Waals surface area (Å²) in [5.41, 5.74) is 0.734. The molecule has 1 saturated carbocycles. The van der Waals surface area contributed by atoms with E-state index in [9.17, 15) is 0 Å². The fourth-order valence-electron chi connectivity index (χ4n) is 3.25. The van der Waals surface area contributed by atoms with E-state index in [1.54, 1.807) is 0 Å². The molecule has 2 nitrogen and oxygen atoms in total. The maximum Gasteiger partial charge on any atom is 0.338 e. The molecular formula is C11H18O2Si. The molecule has 0 aromatic rings. The molecule has 3 heteroatoms. The summed E-state index contributed by atoms with van der Waals surface area (Å²) < 4.78 is 12.0. The topological polar surface area (TPSA) is 18.5 Å². The minimum absolute atomic E-state index is 0.734. The molecule has 0 aromatic heterocycles. The van der Waals surface area contributed by atoms with Gasteiger partial charge < -0.3 is 8.85 Å². The highest BCUT2D eigenvalue weighted by Crippen LogP contribution is 2.52. The molecular weight excluding hydrogens is 192 g/mol. The van der Waals surface area contributed by atoms with Crippen molar-refractivity contribution in [2.24, 2.45) is 11.8 Å². The van der Waals surface area contributed by atoms with Gasteiger partial charge >= 0.3 is 8.56 Å². The van der Waals surface area contributed by atoms with E-state index in [0.717, 1.165) is 37.0 Å². The molecule has 3 aliphatic rings. The van der Waals surface area contributed by atoms with Crippen molar-refractivity contribution in [3.8, 4) is 0 Å². The Balaban J connectivity index is 1.78. The average Bonchev–Trinajstić information content (AvgIpc) is 2.80. The lowest BCUT2D eigenvalue weighted by molar-refractivity contribution is 0.102. The molecule has 3 unspecified atom stereocenters. The first kappa shape index (κ1) is 9.13. The Morgan fingerprint density at radius 3 is 2.50 bits per heavy atom. The Labute approximate surface area is 86.5 Å². The first-order valence-electron chi connectivity index (χ1n) is 5.74. The summed E-state index contributed by atoms with van der Waals surface area (Å²) in [6, 6.07) is 0. The predicted octanol–water partition coefficient (Wildman–Crippen LogP) is 2.46. The predicted molar refractivity (Wildman–Crippen MR) is 57.2 cm³/mol. The number of rotatable bonds is 1. The normalized spacial score (nSPS) is 44.5. The van der Waals surface area contributed by atoms with Crippen LogP contribution in [0.25, 0.3) is 0 Å². The highest BCUT2D eigenvalue weighted by molar-refractivity contribution is 6.68. The summed E-state index contributed by atoms with van der Waals surface area (Å²) in [6.07, 6.45) is 8.56. The van der Waals surface area contributed by atoms with Crippen LogP contribution in [0.15, 0.2) is 12.2 Å². The highest BCUT2D eigenvalue weighted by atomic mass is 28.4. The Bertz CT molecular complexity index is 258.